The van der Waals surface area contributed by atoms with Gasteiger partial charge in [-0.15, -0.1) is 24.8 Å². The average Bonchev–Trinajstić information content (AvgIpc) is 1.65. The van der Waals surface area contributed by atoms with Crippen molar-refractivity contribution in [1.82, 2.24) is 5.43 Å². The second-order valence-electron chi connectivity index (χ2n) is 1.67. The quantitative estimate of drug-likeness (QED) is 0.438. The van der Waals surface area contributed by atoms with Crippen molar-refractivity contribution in [2.45, 2.75) is 19.4 Å². The number of rotatable bonds is 3. The van der Waals surface area contributed by atoms with Crippen molar-refractivity contribution >= 4 is 30.8 Å². The van der Waals surface area contributed by atoms with E-state index in [0.29, 0.717) is 0 Å². The molecule has 10 heavy (non-hydrogen) atoms. The summed E-state index contributed by atoms with van der Waals surface area (Å²) in [5.41, 5.74) is 2.32. The van der Waals surface area contributed by atoms with Crippen molar-refractivity contribution in [3.05, 3.63) is 0 Å². The summed E-state index contributed by atoms with van der Waals surface area (Å²) in [5, 5.41) is 8.12. The number of nitrogens with one attached hydrogen (secondary N) is 1. The smallest absolute Gasteiger partial charge is 0.304 e. The normalized spacial score (nSPS) is 10.6. The van der Waals surface area contributed by atoms with E-state index in [1.54, 1.807) is 6.92 Å². The highest BCUT2D eigenvalue weighted by Crippen LogP contribution is 1.85. The van der Waals surface area contributed by atoms with E-state index in [4.69, 9.17) is 10.9 Å². The molecule has 0 heterocycles. The van der Waals surface area contributed by atoms with E-state index in [1.165, 1.54) is 0 Å². The van der Waals surface area contributed by atoms with Crippen LogP contribution in [0.15, 0.2) is 0 Å². The summed E-state index contributed by atoms with van der Waals surface area (Å²) < 4.78 is 0. The van der Waals surface area contributed by atoms with Crippen LogP contribution in [0.25, 0.3) is 0 Å². The van der Waals surface area contributed by atoms with E-state index >= 15 is 0 Å². The number of carboxylic acids is 1. The van der Waals surface area contributed by atoms with Crippen molar-refractivity contribution in [3.63, 3.8) is 0 Å². The minimum absolute atomic E-state index is 0. The summed E-state index contributed by atoms with van der Waals surface area (Å²) in [7, 11) is 0. The number of hydrazine groups is 1. The Bertz CT molecular complexity index is 91.3. The van der Waals surface area contributed by atoms with E-state index in [0.717, 1.165) is 0 Å². The van der Waals surface area contributed by atoms with Crippen LogP contribution in [0.1, 0.15) is 13.3 Å². The molecule has 1 atom stereocenters. The minimum Gasteiger partial charge on any atom is -0.481 e. The van der Waals surface area contributed by atoms with Crippen LogP contribution in [0.3, 0.4) is 0 Å². The highest BCUT2D eigenvalue weighted by Gasteiger charge is 2.02. The molecule has 6 heteroatoms. The lowest BCUT2D eigenvalue weighted by molar-refractivity contribution is -0.137. The van der Waals surface area contributed by atoms with Crippen LogP contribution >= 0.6 is 24.8 Å². The standard InChI is InChI=1S/C4H10N2O2.2ClH/c1-3(6-5)2-4(7)8;;/h3,6H,2,5H2,1H3,(H,7,8);2*1H. The number of hydrogen-bond donors (Lipinski definition) is 3. The highest BCUT2D eigenvalue weighted by molar-refractivity contribution is 5.85. The number of halogens is 2. The molecular formula is C4H12Cl2N2O2. The van der Waals surface area contributed by atoms with E-state index in [1.807, 2.05) is 0 Å². The van der Waals surface area contributed by atoms with Gasteiger partial charge in [-0.2, -0.15) is 0 Å². The summed E-state index contributed by atoms with van der Waals surface area (Å²) in [6.45, 7) is 1.70. The molecule has 0 aromatic heterocycles. The van der Waals surface area contributed by atoms with Gasteiger partial charge < -0.3 is 5.11 Å². The molecule has 0 aromatic carbocycles. The first-order chi connectivity index (χ1) is 3.66. The predicted octanol–water partition coefficient (Wildman–Crippen LogP) is 0.157. The molecule has 0 spiro atoms. The van der Waals surface area contributed by atoms with Gasteiger partial charge >= 0.3 is 5.97 Å². The zero-order chi connectivity index (χ0) is 6.57. The molecule has 0 aliphatic rings. The fourth-order valence-electron chi connectivity index (χ4n) is 0.321. The summed E-state index contributed by atoms with van der Waals surface area (Å²) in [6.07, 6.45) is 0.0660. The second kappa shape index (κ2) is 8.97. The Balaban J connectivity index is -0.000000245. The summed E-state index contributed by atoms with van der Waals surface area (Å²) in [4.78, 5) is 9.87. The summed E-state index contributed by atoms with van der Waals surface area (Å²) in [6, 6.07) is -0.146. The monoisotopic (exact) mass is 190 g/mol. The molecular weight excluding hydrogens is 179 g/mol. The van der Waals surface area contributed by atoms with Gasteiger partial charge in [0, 0.05) is 6.04 Å². The molecule has 0 radical (unpaired) electrons. The van der Waals surface area contributed by atoms with Gasteiger partial charge in [0.2, 0.25) is 0 Å². The van der Waals surface area contributed by atoms with Gasteiger partial charge in [0.1, 0.15) is 0 Å². The molecule has 0 aliphatic heterocycles. The third kappa shape index (κ3) is 10.9. The number of hydrogen-bond acceptors (Lipinski definition) is 3. The van der Waals surface area contributed by atoms with Crippen molar-refractivity contribution in [2.24, 2.45) is 5.84 Å². The summed E-state index contributed by atoms with van der Waals surface area (Å²) >= 11 is 0. The van der Waals surface area contributed by atoms with Crippen molar-refractivity contribution in [1.29, 1.82) is 0 Å². The largest absolute Gasteiger partial charge is 0.481 e. The fourth-order valence-corrected chi connectivity index (χ4v) is 0.321. The molecule has 0 bridgehead atoms. The Labute approximate surface area is 72.0 Å². The number of carboxylic acid groups (broad SMARTS) is 1. The van der Waals surface area contributed by atoms with Crippen LogP contribution in [-0.4, -0.2) is 17.1 Å². The van der Waals surface area contributed by atoms with Gasteiger partial charge in [-0.3, -0.25) is 16.1 Å². The second-order valence-corrected chi connectivity index (χ2v) is 1.67. The zero-order valence-corrected chi connectivity index (χ0v) is 7.17. The van der Waals surface area contributed by atoms with E-state index in [9.17, 15) is 4.79 Å². The van der Waals surface area contributed by atoms with Crippen molar-refractivity contribution in [2.75, 3.05) is 0 Å². The van der Waals surface area contributed by atoms with E-state index in [2.05, 4.69) is 5.43 Å². The lowest BCUT2D eigenvalue weighted by atomic mass is 10.2. The SMILES string of the molecule is CC(CC(=O)O)NN.Cl.Cl. The van der Waals surface area contributed by atoms with Gasteiger partial charge in [-0.25, -0.2) is 0 Å². The predicted molar refractivity (Wildman–Crippen MR) is 43.5 cm³/mol. The van der Waals surface area contributed by atoms with Crippen molar-refractivity contribution < 1.29 is 9.90 Å². The van der Waals surface area contributed by atoms with E-state index < -0.39 is 5.97 Å². The Hall–Kier alpha value is -0.0300. The number of aliphatic carboxylic acids is 1. The molecule has 0 amide bonds. The van der Waals surface area contributed by atoms with Gasteiger partial charge in [-0.1, -0.05) is 0 Å². The lowest BCUT2D eigenvalue weighted by Crippen LogP contribution is -2.34. The van der Waals surface area contributed by atoms with Gasteiger partial charge in [-0.05, 0) is 6.92 Å². The van der Waals surface area contributed by atoms with Crippen LogP contribution in [-0.2, 0) is 4.79 Å². The lowest BCUT2D eigenvalue weighted by Gasteiger charge is -2.03. The van der Waals surface area contributed by atoms with Crippen molar-refractivity contribution in [3.8, 4) is 0 Å². The van der Waals surface area contributed by atoms with Gasteiger partial charge in [0.15, 0.2) is 0 Å². The van der Waals surface area contributed by atoms with Crippen LogP contribution in [0.5, 0.6) is 0 Å². The molecule has 1 unspecified atom stereocenters. The van der Waals surface area contributed by atoms with Crippen LogP contribution in [0, 0.1) is 0 Å². The fraction of sp³-hybridized carbons (Fsp3) is 0.750. The molecule has 64 valence electrons. The van der Waals surface area contributed by atoms with Gasteiger partial charge in [0.25, 0.3) is 0 Å². The van der Waals surface area contributed by atoms with Crippen LogP contribution < -0.4 is 11.3 Å². The maximum atomic E-state index is 9.87. The average molecular weight is 191 g/mol. The van der Waals surface area contributed by atoms with Crippen LogP contribution in [0.2, 0.25) is 0 Å². The minimum atomic E-state index is -0.838. The first kappa shape index (κ1) is 16.5. The molecule has 0 fully saturated rings. The first-order valence-corrected chi connectivity index (χ1v) is 2.34. The molecule has 0 saturated carbocycles. The molecule has 4 N–H and O–H groups in total. The molecule has 0 aliphatic carbocycles. The Morgan fingerprint density at radius 3 is 2.20 bits per heavy atom. The number of nitrogens with two attached hydrogens (primary N) is 1. The topological polar surface area (TPSA) is 75.3 Å². The highest BCUT2D eigenvalue weighted by atomic mass is 35.5. The Morgan fingerprint density at radius 2 is 2.10 bits per heavy atom. The third-order valence-corrected chi connectivity index (χ3v) is 0.765. The molecule has 0 rings (SSSR count). The number of carbonyl (C=O) groups is 1. The maximum Gasteiger partial charge on any atom is 0.304 e. The molecule has 0 saturated heterocycles. The molecule has 0 aromatic rings. The maximum absolute atomic E-state index is 9.87. The third-order valence-electron chi connectivity index (χ3n) is 0.765. The first-order valence-electron chi connectivity index (χ1n) is 2.34. The molecule has 4 nitrogen and oxygen atoms in total. The summed E-state index contributed by atoms with van der Waals surface area (Å²) in [5.74, 6) is 4.07. The Morgan fingerprint density at radius 1 is 1.70 bits per heavy atom. The van der Waals surface area contributed by atoms with E-state index in [-0.39, 0.29) is 37.3 Å². The van der Waals surface area contributed by atoms with Gasteiger partial charge in [0.05, 0.1) is 6.42 Å². The van der Waals surface area contributed by atoms with Crippen LogP contribution in [0.4, 0.5) is 0 Å². The Kier molecular flexibility index (Phi) is 14.8. The zero-order valence-electron chi connectivity index (χ0n) is 5.53.